The third-order valence-electron chi connectivity index (χ3n) is 2.03. The summed E-state index contributed by atoms with van der Waals surface area (Å²) in [6, 6.07) is 0.862. The molecule has 0 aliphatic heterocycles. The largest absolute Gasteiger partial charge is 0.480 e. The summed E-state index contributed by atoms with van der Waals surface area (Å²) in [6.45, 7) is 4.01. The summed E-state index contributed by atoms with van der Waals surface area (Å²) >= 11 is 3.36. The van der Waals surface area contributed by atoms with Crippen molar-refractivity contribution in [3.63, 3.8) is 0 Å². The minimum atomic E-state index is -1.02. The maximum absolute atomic E-state index is 10.6. The van der Waals surface area contributed by atoms with Crippen molar-refractivity contribution >= 4 is 21.9 Å². The highest BCUT2D eigenvalue weighted by Crippen LogP contribution is 2.28. The van der Waals surface area contributed by atoms with E-state index in [1.807, 2.05) is 13.8 Å². The molecule has 3 N–H and O–H groups in total. The number of rotatable bonds is 4. The van der Waals surface area contributed by atoms with Crippen LogP contribution in [0.25, 0.3) is 0 Å². The van der Waals surface area contributed by atoms with Gasteiger partial charge < -0.3 is 15.3 Å². The van der Waals surface area contributed by atoms with Gasteiger partial charge in [-0.15, -0.1) is 0 Å². The summed E-state index contributed by atoms with van der Waals surface area (Å²) in [5.41, 5.74) is 5.41. The highest BCUT2D eigenvalue weighted by Gasteiger charge is 2.17. The summed E-state index contributed by atoms with van der Waals surface area (Å²) in [4.78, 5) is 10.6. The summed E-state index contributed by atoms with van der Waals surface area (Å²) in [5.74, 6) is 0.658. The zero-order valence-electron chi connectivity index (χ0n) is 8.66. The number of aliphatic carboxylic acids is 1. The fraction of sp³-hybridized carbons (Fsp3) is 0.500. The van der Waals surface area contributed by atoms with Crippen LogP contribution in [0.1, 0.15) is 31.3 Å². The normalized spacial score (nSPS) is 13.1. The van der Waals surface area contributed by atoms with E-state index in [2.05, 4.69) is 15.9 Å². The van der Waals surface area contributed by atoms with Crippen molar-refractivity contribution in [3.8, 4) is 0 Å². The van der Waals surface area contributed by atoms with Crippen LogP contribution in [-0.2, 0) is 11.2 Å². The molecule has 0 fully saturated rings. The monoisotopic (exact) mass is 275 g/mol. The Labute approximate surface area is 96.6 Å². The predicted molar refractivity (Wildman–Crippen MR) is 59.8 cm³/mol. The van der Waals surface area contributed by atoms with Crippen LogP contribution < -0.4 is 5.73 Å². The number of furan rings is 1. The van der Waals surface area contributed by atoms with Crippen LogP contribution in [0.5, 0.6) is 0 Å². The van der Waals surface area contributed by atoms with Crippen LogP contribution in [0.2, 0.25) is 0 Å². The first-order valence-electron chi connectivity index (χ1n) is 4.68. The summed E-state index contributed by atoms with van der Waals surface area (Å²) in [5, 5.41) is 8.65. The van der Waals surface area contributed by atoms with Crippen LogP contribution in [0, 0.1) is 0 Å². The molecule has 1 atom stereocenters. The van der Waals surface area contributed by atoms with E-state index >= 15 is 0 Å². The van der Waals surface area contributed by atoms with Gasteiger partial charge in [0.15, 0.2) is 0 Å². The minimum Gasteiger partial charge on any atom is -0.480 e. The van der Waals surface area contributed by atoms with Gasteiger partial charge in [0.1, 0.15) is 17.6 Å². The topological polar surface area (TPSA) is 76.5 Å². The Morgan fingerprint density at radius 1 is 1.67 bits per heavy atom. The van der Waals surface area contributed by atoms with Gasteiger partial charge in [-0.05, 0) is 22.0 Å². The maximum Gasteiger partial charge on any atom is 0.320 e. The van der Waals surface area contributed by atoms with Crippen molar-refractivity contribution in [2.75, 3.05) is 0 Å². The molecule has 0 aliphatic rings. The second kappa shape index (κ2) is 4.81. The Morgan fingerprint density at radius 3 is 2.67 bits per heavy atom. The van der Waals surface area contributed by atoms with E-state index in [9.17, 15) is 4.79 Å². The number of hydrogen-bond donors (Lipinski definition) is 2. The van der Waals surface area contributed by atoms with Gasteiger partial charge in [-0.1, -0.05) is 13.8 Å². The molecule has 1 aromatic heterocycles. The van der Waals surface area contributed by atoms with E-state index in [0.717, 1.165) is 10.2 Å². The average molecular weight is 276 g/mol. The molecule has 0 bridgehead atoms. The number of carboxylic acids is 1. The first kappa shape index (κ1) is 12.3. The molecule has 0 amide bonds. The van der Waals surface area contributed by atoms with Crippen LogP contribution in [0.15, 0.2) is 15.0 Å². The molecule has 0 aromatic carbocycles. The quantitative estimate of drug-likeness (QED) is 0.883. The molecule has 0 radical (unpaired) electrons. The van der Waals surface area contributed by atoms with E-state index < -0.39 is 12.0 Å². The summed E-state index contributed by atoms with van der Waals surface area (Å²) < 4.78 is 6.37. The van der Waals surface area contributed by atoms with Gasteiger partial charge in [-0.2, -0.15) is 0 Å². The van der Waals surface area contributed by atoms with E-state index in [1.165, 1.54) is 0 Å². The van der Waals surface area contributed by atoms with E-state index in [1.54, 1.807) is 6.07 Å². The predicted octanol–water partition coefficient (Wildman–Crippen LogP) is 2.12. The van der Waals surface area contributed by atoms with Crippen molar-refractivity contribution in [1.82, 2.24) is 0 Å². The molecule has 0 spiro atoms. The molecule has 1 heterocycles. The van der Waals surface area contributed by atoms with Crippen molar-refractivity contribution in [2.45, 2.75) is 32.2 Å². The molecule has 84 valence electrons. The second-order valence-corrected chi connectivity index (χ2v) is 4.58. The third kappa shape index (κ3) is 3.07. The number of nitrogens with two attached hydrogens (primary N) is 1. The molecule has 5 heteroatoms. The lowest BCUT2D eigenvalue weighted by molar-refractivity contribution is -0.138. The third-order valence-corrected chi connectivity index (χ3v) is 2.65. The van der Waals surface area contributed by atoms with E-state index in [-0.39, 0.29) is 12.3 Å². The lowest BCUT2D eigenvalue weighted by atomic mass is 10.1. The Bertz CT molecular complexity index is 360. The van der Waals surface area contributed by atoms with Gasteiger partial charge >= 0.3 is 5.97 Å². The number of carbonyl (C=O) groups is 1. The first-order chi connectivity index (χ1) is 6.91. The van der Waals surface area contributed by atoms with Crippen molar-refractivity contribution < 1.29 is 14.3 Å². The van der Waals surface area contributed by atoms with Crippen LogP contribution >= 0.6 is 15.9 Å². The smallest absolute Gasteiger partial charge is 0.320 e. The van der Waals surface area contributed by atoms with E-state index in [4.69, 9.17) is 15.3 Å². The summed E-state index contributed by atoms with van der Waals surface area (Å²) in [6.07, 6.45) is 0.209. The Hall–Kier alpha value is -0.810. The van der Waals surface area contributed by atoms with Crippen molar-refractivity contribution in [2.24, 2.45) is 5.73 Å². The van der Waals surface area contributed by atoms with Gasteiger partial charge in [0.25, 0.3) is 0 Å². The second-order valence-electron chi connectivity index (χ2n) is 3.73. The molecule has 1 aromatic rings. The Balaban J connectivity index is 2.79. The van der Waals surface area contributed by atoms with Gasteiger partial charge in [-0.3, -0.25) is 4.79 Å². The van der Waals surface area contributed by atoms with Crippen LogP contribution in [0.4, 0.5) is 0 Å². The molecule has 0 saturated carbocycles. The van der Waals surface area contributed by atoms with Gasteiger partial charge in [0.2, 0.25) is 0 Å². The lowest BCUT2D eigenvalue weighted by Gasteiger charge is -2.03. The highest BCUT2D eigenvalue weighted by molar-refractivity contribution is 9.10. The maximum atomic E-state index is 10.6. The zero-order chi connectivity index (χ0) is 11.6. The molecule has 15 heavy (non-hydrogen) atoms. The fourth-order valence-corrected chi connectivity index (χ4v) is 2.02. The molecule has 0 saturated heterocycles. The number of carboxylic acid groups (broad SMARTS) is 1. The average Bonchev–Trinajstić information content (AvgIpc) is 2.46. The Kier molecular flexibility index (Phi) is 3.93. The molecule has 1 rings (SSSR count). The van der Waals surface area contributed by atoms with E-state index in [0.29, 0.717) is 5.76 Å². The van der Waals surface area contributed by atoms with Crippen LogP contribution in [0.3, 0.4) is 0 Å². The fourth-order valence-electron chi connectivity index (χ4n) is 1.23. The minimum absolute atomic E-state index is 0.209. The molecule has 0 aliphatic carbocycles. The molecule has 1 unspecified atom stereocenters. The Morgan fingerprint density at radius 2 is 2.27 bits per heavy atom. The highest BCUT2D eigenvalue weighted by atomic mass is 79.9. The van der Waals surface area contributed by atoms with Crippen molar-refractivity contribution in [3.05, 3.63) is 22.1 Å². The molecule has 4 nitrogen and oxygen atoms in total. The lowest BCUT2D eigenvalue weighted by Crippen LogP contribution is -2.32. The number of hydrogen-bond acceptors (Lipinski definition) is 3. The van der Waals surface area contributed by atoms with Gasteiger partial charge in [-0.25, -0.2) is 0 Å². The zero-order valence-corrected chi connectivity index (χ0v) is 10.2. The standard InChI is InChI=1S/C10H14BrNO3/c1-5(2)9-7(11)3-6(15-9)4-8(12)10(13)14/h3,5,8H,4,12H2,1-2H3,(H,13,14). The number of halogens is 1. The summed E-state index contributed by atoms with van der Waals surface area (Å²) in [7, 11) is 0. The molecular weight excluding hydrogens is 262 g/mol. The van der Waals surface area contributed by atoms with Crippen molar-refractivity contribution in [1.29, 1.82) is 0 Å². The SMILES string of the molecule is CC(C)c1oc(CC(N)C(=O)O)cc1Br. The molecular formula is C10H14BrNO3. The first-order valence-corrected chi connectivity index (χ1v) is 5.47. The van der Waals surface area contributed by atoms with Crippen LogP contribution in [-0.4, -0.2) is 17.1 Å². The van der Waals surface area contributed by atoms with Gasteiger partial charge in [0.05, 0.1) is 4.47 Å². The van der Waals surface area contributed by atoms with Gasteiger partial charge in [0, 0.05) is 12.3 Å².